The molecule has 0 aliphatic rings. The first kappa shape index (κ1) is 21.1. The fourth-order valence-corrected chi connectivity index (χ4v) is 2.62. The molecule has 0 amide bonds. The summed E-state index contributed by atoms with van der Waals surface area (Å²) in [4.78, 5) is 11.6. The molecule has 126 valence electrons. The number of hydrogen-bond acceptors (Lipinski definition) is 3. The first-order chi connectivity index (χ1) is 11.4. The average molecular weight is 351 g/mol. The van der Waals surface area contributed by atoms with Gasteiger partial charge in [-0.2, -0.15) is 0 Å². The Morgan fingerprint density at radius 1 is 1.08 bits per heavy atom. The Labute approximate surface area is 164 Å². The van der Waals surface area contributed by atoms with E-state index in [1.807, 2.05) is 50.3 Å². The van der Waals surface area contributed by atoms with Crippen molar-refractivity contribution >= 4 is 29.0 Å². The number of hydrogen-bond donors (Lipinski definition) is 3. The summed E-state index contributed by atoms with van der Waals surface area (Å²) in [6, 6.07) is 11.1. The molecular formula is C20H22MgO4+2. The Morgan fingerprint density at radius 2 is 1.72 bits per heavy atom. The number of phenols is 2. The van der Waals surface area contributed by atoms with Crippen molar-refractivity contribution < 1.29 is 20.1 Å². The summed E-state index contributed by atoms with van der Waals surface area (Å²) in [7, 11) is 0. The fourth-order valence-electron chi connectivity index (χ4n) is 2.62. The molecule has 25 heavy (non-hydrogen) atoms. The molecule has 2 aromatic rings. The maximum Gasteiger partial charge on any atom is 2.00 e. The third-order valence-corrected chi connectivity index (χ3v) is 3.92. The summed E-state index contributed by atoms with van der Waals surface area (Å²) in [6.45, 7) is 3.81. The standard InChI is InChI=1S/C20H22O4.Mg/c1-13(2)8-11-16-17(21)12-15(18(19(16)22)20(23)24)10-9-14-6-4-3-5-7-14;/h3-8,12,21-22H,9-11H2,1-2H3,(H,23,24);/q;+2. The van der Waals surface area contributed by atoms with E-state index in [0.29, 0.717) is 24.8 Å². The van der Waals surface area contributed by atoms with Crippen LogP contribution in [0, 0.1) is 0 Å². The van der Waals surface area contributed by atoms with Gasteiger partial charge in [-0.1, -0.05) is 42.0 Å². The van der Waals surface area contributed by atoms with Gasteiger partial charge in [-0.25, -0.2) is 4.79 Å². The summed E-state index contributed by atoms with van der Waals surface area (Å²) in [5.41, 5.74) is 2.65. The molecule has 0 aliphatic heterocycles. The number of carboxylic acids is 1. The molecule has 2 aromatic carbocycles. The minimum atomic E-state index is -1.19. The number of phenolic OH excluding ortho intramolecular Hbond substituents is 1. The van der Waals surface area contributed by atoms with Crippen molar-refractivity contribution in [3.63, 3.8) is 0 Å². The number of carbonyl (C=O) groups is 1. The summed E-state index contributed by atoms with van der Waals surface area (Å²) in [5, 5.41) is 30.0. The third kappa shape index (κ3) is 5.51. The Morgan fingerprint density at radius 3 is 2.28 bits per heavy atom. The molecule has 0 atom stereocenters. The van der Waals surface area contributed by atoms with Crippen LogP contribution < -0.4 is 0 Å². The Bertz CT molecular complexity index is 763. The summed E-state index contributed by atoms with van der Waals surface area (Å²) >= 11 is 0. The van der Waals surface area contributed by atoms with Crippen LogP contribution in [0.25, 0.3) is 0 Å². The second kappa shape index (κ2) is 9.49. The van der Waals surface area contributed by atoms with Crippen LogP contribution in [0.15, 0.2) is 48.0 Å². The smallest absolute Gasteiger partial charge is 0.508 e. The molecule has 3 N–H and O–H groups in total. The van der Waals surface area contributed by atoms with Crippen LogP contribution in [0.1, 0.15) is 40.9 Å². The molecule has 0 spiro atoms. The van der Waals surface area contributed by atoms with E-state index in [4.69, 9.17) is 0 Å². The van der Waals surface area contributed by atoms with Crippen LogP contribution in [0.3, 0.4) is 0 Å². The zero-order chi connectivity index (χ0) is 17.7. The van der Waals surface area contributed by atoms with Gasteiger partial charge < -0.3 is 15.3 Å². The minimum Gasteiger partial charge on any atom is -0.508 e. The topological polar surface area (TPSA) is 77.8 Å². The van der Waals surface area contributed by atoms with Crippen LogP contribution in [-0.4, -0.2) is 44.3 Å². The molecule has 0 bridgehead atoms. The number of aromatic carboxylic acids is 1. The molecule has 0 saturated heterocycles. The van der Waals surface area contributed by atoms with E-state index in [1.165, 1.54) is 6.07 Å². The monoisotopic (exact) mass is 350 g/mol. The summed E-state index contributed by atoms with van der Waals surface area (Å²) in [6.07, 6.45) is 3.19. The van der Waals surface area contributed by atoms with Crippen molar-refractivity contribution in [2.45, 2.75) is 33.1 Å². The van der Waals surface area contributed by atoms with E-state index in [9.17, 15) is 20.1 Å². The number of aromatic hydroxyl groups is 2. The number of rotatable bonds is 6. The predicted octanol–water partition coefficient (Wildman–Crippen LogP) is 3.71. The first-order valence-corrected chi connectivity index (χ1v) is 7.87. The Hall–Kier alpha value is -1.98. The van der Waals surface area contributed by atoms with Gasteiger partial charge in [-0.05, 0) is 50.3 Å². The average Bonchev–Trinajstić information content (AvgIpc) is 2.52. The fraction of sp³-hybridized carbons (Fsp3) is 0.250. The number of carboxylic acid groups (broad SMARTS) is 1. The zero-order valence-corrected chi connectivity index (χ0v) is 16.0. The third-order valence-electron chi connectivity index (χ3n) is 3.92. The molecule has 0 fully saturated rings. The van der Waals surface area contributed by atoms with E-state index in [0.717, 1.165) is 11.1 Å². The van der Waals surface area contributed by atoms with E-state index in [2.05, 4.69) is 0 Å². The summed E-state index contributed by atoms with van der Waals surface area (Å²) in [5.74, 6) is -1.60. The van der Waals surface area contributed by atoms with Crippen molar-refractivity contribution in [3.8, 4) is 11.5 Å². The molecule has 0 aromatic heterocycles. The van der Waals surface area contributed by atoms with Crippen molar-refractivity contribution in [3.05, 3.63) is 70.3 Å². The van der Waals surface area contributed by atoms with Crippen molar-refractivity contribution in [2.24, 2.45) is 0 Å². The number of allylic oxidation sites excluding steroid dienone is 2. The first-order valence-electron chi connectivity index (χ1n) is 7.87. The zero-order valence-electron chi connectivity index (χ0n) is 14.6. The molecule has 5 heteroatoms. The largest absolute Gasteiger partial charge is 2.00 e. The minimum absolute atomic E-state index is 0. The summed E-state index contributed by atoms with van der Waals surface area (Å²) < 4.78 is 0. The van der Waals surface area contributed by atoms with Gasteiger partial charge >= 0.3 is 29.0 Å². The molecule has 4 nitrogen and oxygen atoms in total. The molecular weight excluding hydrogens is 329 g/mol. The van der Waals surface area contributed by atoms with Crippen LogP contribution >= 0.6 is 0 Å². The van der Waals surface area contributed by atoms with Gasteiger partial charge in [0.05, 0.1) is 0 Å². The molecule has 2 rings (SSSR count). The SMILES string of the molecule is CC(C)=CCc1c(O)cc(CCc2ccccc2)c(C(=O)O)c1O.[Mg+2]. The van der Waals surface area contributed by atoms with Crippen LogP contribution in [0.5, 0.6) is 11.5 Å². The van der Waals surface area contributed by atoms with Crippen LogP contribution in [-0.2, 0) is 19.3 Å². The maximum atomic E-state index is 11.6. The molecule has 0 heterocycles. The van der Waals surface area contributed by atoms with Gasteiger partial charge in [0.15, 0.2) is 0 Å². The van der Waals surface area contributed by atoms with Gasteiger partial charge in [0.1, 0.15) is 17.1 Å². The van der Waals surface area contributed by atoms with Gasteiger partial charge in [-0.15, -0.1) is 0 Å². The van der Waals surface area contributed by atoms with E-state index in [1.54, 1.807) is 0 Å². The van der Waals surface area contributed by atoms with Gasteiger partial charge in [0.25, 0.3) is 0 Å². The normalized spacial score (nSPS) is 10.0. The Balaban J connectivity index is 0.00000312. The second-order valence-electron chi connectivity index (χ2n) is 6.03. The van der Waals surface area contributed by atoms with Gasteiger partial charge in [-0.3, -0.25) is 0 Å². The van der Waals surface area contributed by atoms with Crippen molar-refractivity contribution in [1.29, 1.82) is 0 Å². The Kier molecular flexibility index (Phi) is 7.99. The molecule has 0 unspecified atom stereocenters. The molecule has 0 aliphatic carbocycles. The number of aryl methyl sites for hydroxylation is 2. The second-order valence-corrected chi connectivity index (χ2v) is 6.03. The van der Waals surface area contributed by atoms with Gasteiger partial charge in [0, 0.05) is 5.56 Å². The van der Waals surface area contributed by atoms with Crippen LogP contribution in [0.4, 0.5) is 0 Å². The van der Waals surface area contributed by atoms with E-state index >= 15 is 0 Å². The van der Waals surface area contributed by atoms with Gasteiger partial charge in [0.2, 0.25) is 0 Å². The van der Waals surface area contributed by atoms with Crippen LogP contribution in [0.2, 0.25) is 0 Å². The predicted molar refractivity (Wildman–Crippen MR) is 99.5 cm³/mol. The number of benzene rings is 2. The van der Waals surface area contributed by atoms with Crippen molar-refractivity contribution in [2.75, 3.05) is 0 Å². The van der Waals surface area contributed by atoms with Crippen molar-refractivity contribution in [1.82, 2.24) is 0 Å². The quantitative estimate of drug-likeness (QED) is 0.548. The molecule has 0 saturated carbocycles. The molecule has 0 radical (unpaired) electrons. The van der Waals surface area contributed by atoms with E-state index in [-0.39, 0.29) is 45.7 Å². The van der Waals surface area contributed by atoms with E-state index < -0.39 is 5.97 Å². The maximum absolute atomic E-state index is 11.6.